The molecule has 2 aliphatic rings. The molecule has 1 aromatic rings. The van der Waals surface area contributed by atoms with Crippen LogP contribution in [0.5, 0.6) is 0 Å². The second-order valence-electron chi connectivity index (χ2n) is 5.45. The maximum atomic E-state index is 12.6. The Morgan fingerprint density at radius 3 is 2.85 bits per heavy atom. The minimum absolute atomic E-state index is 0.0683. The van der Waals surface area contributed by atoms with Crippen LogP contribution in [-0.4, -0.2) is 36.1 Å². The van der Waals surface area contributed by atoms with Crippen LogP contribution >= 0.6 is 0 Å². The van der Waals surface area contributed by atoms with E-state index in [1.165, 1.54) is 0 Å². The summed E-state index contributed by atoms with van der Waals surface area (Å²) in [4.78, 5) is 25.3. The molecule has 1 amide bonds. The summed E-state index contributed by atoms with van der Waals surface area (Å²) in [5.74, 6) is -0.852. The van der Waals surface area contributed by atoms with E-state index in [4.69, 9.17) is 5.11 Å². The second kappa shape index (κ2) is 5.25. The predicted molar refractivity (Wildman–Crippen MR) is 74.8 cm³/mol. The molecule has 1 fully saturated rings. The van der Waals surface area contributed by atoms with Gasteiger partial charge in [0.2, 0.25) is 5.91 Å². The lowest BCUT2D eigenvalue weighted by Crippen LogP contribution is -2.43. The van der Waals surface area contributed by atoms with Gasteiger partial charge in [0, 0.05) is 18.2 Å². The Kier molecular flexibility index (Phi) is 3.44. The van der Waals surface area contributed by atoms with Gasteiger partial charge in [-0.05, 0) is 31.0 Å². The van der Waals surface area contributed by atoms with Crippen LogP contribution in [0.4, 0.5) is 5.69 Å². The molecule has 3 rings (SSSR count). The highest BCUT2D eigenvalue weighted by Crippen LogP contribution is 2.38. The Bertz CT molecular complexity index is 538. The molecule has 0 radical (unpaired) electrons. The van der Waals surface area contributed by atoms with Crippen molar-refractivity contribution in [3.05, 3.63) is 29.8 Å². The Hall–Kier alpha value is -1.88. The number of amides is 1. The quantitative estimate of drug-likeness (QED) is 0.872. The first kappa shape index (κ1) is 13.1. The number of rotatable bonds is 3. The summed E-state index contributed by atoms with van der Waals surface area (Å²) in [6, 6.07) is 7.51. The minimum atomic E-state index is -0.821. The van der Waals surface area contributed by atoms with Gasteiger partial charge >= 0.3 is 5.97 Å². The van der Waals surface area contributed by atoms with E-state index in [-0.39, 0.29) is 24.3 Å². The molecule has 1 saturated heterocycles. The first-order valence-electron chi connectivity index (χ1n) is 7.02. The number of hydrogen-bond donors (Lipinski definition) is 2. The van der Waals surface area contributed by atoms with E-state index >= 15 is 0 Å². The second-order valence-corrected chi connectivity index (χ2v) is 5.45. The van der Waals surface area contributed by atoms with Crippen LogP contribution in [-0.2, 0) is 9.59 Å². The monoisotopic (exact) mass is 274 g/mol. The number of carboxylic acids is 1. The van der Waals surface area contributed by atoms with Crippen LogP contribution in [0.2, 0.25) is 0 Å². The fourth-order valence-electron chi connectivity index (χ4n) is 3.17. The summed E-state index contributed by atoms with van der Waals surface area (Å²) in [5.41, 5.74) is 1.85. The molecule has 0 aromatic heterocycles. The topological polar surface area (TPSA) is 69.6 Å². The lowest BCUT2D eigenvalue weighted by atomic mass is 9.98. The van der Waals surface area contributed by atoms with Gasteiger partial charge in [0.05, 0.1) is 12.5 Å². The van der Waals surface area contributed by atoms with Gasteiger partial charge in [-0.3, -0.25) is 9.59 Å². The number of benzene rings is 1. The summed E-state index contributed by atoms with van der Waals surface area (Å²) in [6.45, 7) is 1.35. The Labute approximate surface area is 117 Å². The number of carbonyl (C=O) groups excluding carboxylic acids is 1. The minimum Gasteiger partial charge on any atom is -0.481 e. The number of aliphatic carboxylic acids is 1. The van der Waals surface area contributed by atoms with Crippen LogP contribution in [0, 0.1) is 0 Å². The van der Waals surface area contributed by atoms with E-state index in [2.05, 4.69) is 5.32 Å². The first-order valence-corrected chi connectivity index (χ1v) is 7.02. The Morgan fingerprint density at radius 1 is 1.35 bits per heavy atom. The summed E-state index contributed by atoms with van der Waals surface area (Å²) in [6.07, 6.45) is 1.95. The first-order chi connectivity index (χ1) is 9.66. The molecule has 20 heavy (non-hydrogen) atoms. The molecule has 0 saturated carbocycles. The standard InChI is InChI=1S/C15H18N2O3/c18-14(19)8-10-9-17(13-6-2-1-4-11(10)13)15(20)12-5-3-7-16-12/h1-2,4,6,10,12,16H,3,5,7-9H2,(H,18,19)/t10?,12-/m0/s1. The smallest absolute Gasteiger partial charge is 0.304 e. The third-order valence-electron chi connectivity index (χ3n) is 4.12. The van der Waals surface area contributed by atoms with Gasteiger partial charge in [-0.1, -0.05) is 18.2 Å². The zero-order valence-electron chi connectivity index (χ0n) is 11.2. The molecule has 5 nitrogen and oxygen atoms in total. The van der Waals surface area contributed by atoms with Crippen molar-refractivity contribution in [2.24, 2.45) is 0 Å². The molecule has 1 unspecified atom stereocenters. The maximum Gasteiger partial charge on any atom is 0.304 e. The number of nitrogens with one attached hydrogen (secondary N) is 1. The van der Waals surface area contributed by atoms with Gasteiger partial charge in [-0.2, -0.15) is 0 Å². The molecule has 106 valence electrons. The zero-order valence-corrected chi connectivity index (χ0v) is 11.2. The molecule has 1 aromatic carbocycles. The van der Waals surface area contributed by atoms with Crippen molar-refractivity contribution in [3.63, 3.8) is 0 Å². The average molecular weight is 274 g/mol. The summed E-state index contributed by atoms with van der Waals surface area (Å²) in [5, 5.41) is 12.2. The summed E-state index contributed by atoms with van der Waals surface area (Å²) < 4.78 is 0. The third kappa shape index (κ3) is 2.29. The molecular formula is C15H18N2O3. The highest BCUT2D eigenvalue weighted by atomic mass is 16.4. The number of carboxylic acid groups (broad SMARTS) is 1. The van der Waals surface area contributed by atoms with Gasteiger partial charge in [0.1, 0.15) is 0 Å². The maximum absolute atomic E-state index is 12.6. The molecular weight excluding hydrogens is 256 g/mol. The van der Waals surface area contributed by atoms with Crippen molar-refractivity contribution in [1.82, 2.24) is 5.32 Å². The van der Waals surface area contributed by atoms with Crippen molar-refractivity contribution in [1.29, 1.82) is 0 Å². The predicted octanol–water partition coefficient (Wildman–Crippen LogP) is 1.34. The van der Waals surface area contributed by atoms with Gasteiger partial charge in [-0.15, -0.1) is 0 Å². The van der Waals surface area contributed by atoms with Crippen LogP contribution in [0.15, 0.2) is 24.3 Å². The highest BCUT2D eigenvalue weighted by molar-refractivity contribution is 5.99. The van der Waals surface area contributed by atoms with Gasteiger partial charge in [-0.25, -0.2) is 0 Å². The Morgan fingerprint density at radius 2 is 2.15 bits per heavy atom. The average Bonchev–Trinajstić information content (AvgIpc) is 3.06. The SMILES string of the molecule is O=C(O)CC1CN(C(=O)[C@@H]2CCCN2)c2ccccc21. The summed E-state index contributed by atoms with van der Waals surface area (Å²) >= 11 is 0. The van der Waals surface area contributed by atoms with Crippen LogP contribution in [0.1, 0.15) is 30.7 Å². The highest BCUT2D eigenvalue weighted by Gasteiger charge is 2.36. The number of para-hydroxylation sites is 1. The molecule has 2 N–H and O–H groups in total. The van der Waals surface area contributed by atoms with Gasteiger partial charge < -0.3 is 15.3 Å². The molecule has 0 spiro atoms. The molecule has 2 aliphatic heterocycles. The van der Waals surface area contributed by atoms with Crippen molar-refractivity contribution in [3.8, 4) is 0 Å². The third-order valence-corrected chi connectivity index (χ3v) is 4.12. The van der Waals surface area contributed by atoms with Gasteiger partial charge in [0.15, 0.2) is 0 Å². The van der Waals surface area contributed by atoms with Gasteiger partial charge in [0.25, 0.3) is 0 Å². The lowest BCUT2D eigenvalue weighted by molar-refractivity contribution is -0.137. The van der Waals surface area contributed by atoms with E-state index in [9.17, 15) is 9.59 Å². The van der Waals surface area contributed by atoms with Crippen molar-refractivity contribution >= 4 is 17.6 Å². The van der Waals surface area contributed by atoms with Crippen molar-refractivity contribution in [2.75, 3.05) is 18.0 Å². The molecule has 5 heteroatoms. The van der Waals surface area contributed by atoms with Crippen molar-refractivity contribution in [2.45, 2.75) is 31.2 Å². The van der Waals surface area contributed by atoms with E-state index in [0.29, 0.717) is 6.54 Å². The van der Waals surface area contributed by atoms with Crippen LogP contribution in [0.25, 0.3) is 0 Å². The lowest BCUT2D eigenvalue weighted by Gasteiger charge is -2.21. The van der Waals surface area contributed by atoms with Crippen molar-refractivity contribution < 1.29 is 14.7 Å². The largest absolute Gasteiger partial charge is 0.481 e. The van der Waals surface area contributed by atoms with Crippen LogP contribution in [0.3, 0.4) is 0 Å². The zero-order chi connectivity index (χ0) is 14.1. The van der Waals surface area contributed by atoms with Crippen LogP contribution < -0.4 is 10.2 Å². The molecule has 2 heterocycles. The number of fused-ring (bicyclic) bond motifs is 1. The summed E-state index contributed by atoms with van der Waals surface area (Å²) in [7, 11) is 0. The normalized spacial score (nSPS) is 24.7. The molecule has 0 aliphatic carbocycles. The molecule has 2 atom stereocenters. The molecule has 0 bridgehead atoms. The number of nitrogens with zero attached hydrogens (tertiary/aromatic N) is 1. The van der Waals surface area contributed by atoms with E-state index < -0.39 is 5.97 Å². The van der Waals surface area contributed by atoms with E-state index in [1.54, 1.807) is 4.90 Å². The van der Waals surface area contributed by atoms with E-state index in [0.717, 1.165) is 30.6 Å². The fraction of sp³-hybridized carbons (Fsp3) is 0.467. The van der Waals surface area contributed by atoms with E-state index in [1.807, 2.05) is 24.3 Å². The number of carbonyl (C=O) groups is 2. The Balaban J connectivity index is 1.86. The number of hydrogen-bond acceptors (Lipinski definition) is 3. The number of anilines is 1. The fourth-order valence-corrected chi connectivity index (χ4v) is 3.17.